The van der Waals surface area contributed by atoms with Gasteiger partial charge in [-0.25, -0.2) is 0 Å². The highest BCUT2D eigenvalue weighted by atomic mass is 32.1. The monoisotopic (exact) mass is 353 g/mol. The lowest BCUT2D eigenvalue weighted by molar-refractivity contribution is 0.102. The molecule has 0 spiro atoms. The first-order chi connectivity index (χ1) is 12.0. The number of aromatic nitrogens is 2. The molecular weight excluding hydrogens is 334 g/mol. The van der Waals surface area contributed by atoms with Crippen LogP contribution in [0.3, 0.4) is 0 Å². The number of carbonyl (C=O) groups excluding carboxylic acids is 1. The Hall–Kier alpha value is -2.73. The quantitative estimate of drug-likeness (QED) is 0.743. The third kappa shape index (κ3) is 4.22. The van der Waals surface area contributed by atoms with Crippen LogP contribution in [0.15, 0.2) is 42.5 Å². The molecule has 0 saturated carbocycles. The molecule has 3 rings (SSSR count). The SMILES string of the molecule is Cc1ccc(NC(=O)c2cccc(OCc3nsnc3C)c2)c(C)c1. The highest BCUT2D eigenvalue weighted by molar-refractivity contribution is 6.99. The molecule has 0 bridgehead atoms. The lowest BCUT2D eigenvalue weighted by atomic mass is 10.1. The van der Waals surface area contributed by atoms with Crippen molar-refractivity contribution in [1.29, 1.82) is 0 Å². The highest BCUT2D eigenvalue weighted by Crippen LogP contribution is 2.20. The van der Waals surface area contributed by atoms with E-state index in [0.717, 1.165) is 28.2 Å². The van der Waals surface area contributed by atoms with Crippen molar-refractivity contribution in [3.05, 3.63) is 70.5 Å². The second-order valence-electron chi connectivity index (χ2n) is 5.89. The Morgan fingerprint density at radius 2 is 1.96 bits per heavy atom. The summed E-state index contributed by atoms with van der Waals surface area (Å²) in [6.45, 7) is 6.24. The van der Waals surface area contributed by atoms with Crippen LogP contribution in [-0.4, -0.2) is 14.7 Å². The van der Waals surface area contributed by atoms with Crippen LogP contribution in [-0.2, 0) is 6.61 Å². The van der Waals surface area contributed by atoms with E-state index in [1.165, 1.54) is 11.7 Å². The number of nitrogens with zero attached hydrogens (tertiary/aromatic N) is 2. The summed E-state index contributed by atoms with van der Waals surface area (Å²) in [6.07, 6.45) is 0. The summed E-state index contributed by atoms with van der Waals surface area (Å²) in [5.41, 5.74) is 5.24. The second kappa shape index (κ2) is 7.44. The highest BCUT2D eigenvalue weighted by Gasteiger charge is 2.10. The summed E-state index contributed by atoms with van der Waals surface area (Å²) in [7, 11) is 0. The topological polar surface area (TPSA) is 64.1 Å². The molecule has 0 atom stereocenters. The van der Waals surface area contributed by atoms with Crippen molar-refractivity contribution < 1.29 is 9.53 Å². The molecular formula is C19H19N3O2S. The number of hydrogen-bond acceptors (Lipinski definition) is 5. The van der Waals surface area contributed by atoms with Gasteiger partial charge in [0.05, 0.1) is 17.4 Å². The van der Waals surface area contributed by atoms with E-state index in [2.05, 4.69) is 14.1 Å². The second-order valence-corrected chi connectivity index (χ2v) is 6.41. The Morgan fingerprint density at radius 1 is 1.12 bits per heavy atom. The Kier molecular flexibility index (Phi) is 5.09. The summed E-state index contributed by atoms with van der Waals surface area (Å²) in [5, 5.41) is 2.94. The minimum Gasteiger partial charge on any atom is -0.487 e. The molecule has 2 aromatic carbocycles. The Bertz CT molecular complexity index is 905. The van der Waals surface area contributed by atoms with Crippen molar-refractivity contribution in [2.45, 2.75) is 27.4 Å². The van der Waals surface area contributed by atoms with Gasteiger partial charge in [0.1, 0.15) is 18.1 Å². The number of rotatable bonds is 5. The van der Waals surface area contributed by atoms with E-state index in [4.69, 9.17) is 4.74 Å². The zero-order valence-electron chi connectivity index (χ0n) is 14.4. The van der Waals surface area contributed by atoms with Crippen LogP contribution in [0.2, 0.25) is 0 Å². The van der Waals surface area contributed by atoms with Crippen LogP contribution in [0.5, 0.6) is 5.75 Å². The molecule has 128 valence electrons. The molecule has 3 aromatic rings. The maximum atomic E-state index is 12.5. The van der Waals surface area contributed by atoms with Gasteiger partial charge in [-0.1, -0.05) is 23.8 Å². The molecule has 0 aliphatic carbocycles. The smallest absolute Gasteiger partial charge is 0.255 e. The maximum Gasteiger partial charge on any atom is 0.255 e. The van der Waals surface area contributed by atoms with Crippen molar-refractivity contribution in [3.8, 4) is 5.75 Å². The van der Waals surface area contributed by atoms with E-state index in [0.29, 0.717) is 17.9 Å². The van der Waals surface area contributed by atoms with E-state index < -0.39 is 0 Å². The van der Waals surface area contributed by atoms with E-state index in [1.807, 2.05) is 45.0 Å². The largest absolute Gasteiger partial charge is 0.487 e. The Morgan fingerprint density at radius 3 is 2.68 bits per heavy atom. The summed E-state index contributed by atoms with van der Waals surface area (Å²) in [6, 6.07) is 13.1. The molecule has 1 aromatic heterocycles. The fourth-order valence-electron chi connectivity index (χ4n) is 2.41. The normalized spacial score (nSPS) is 10.5. The fourth-order valence-corrected chi connectivity index (χ4v) is 2.96. The third-order valence-corrected chi connectivity index (χ3v) is 4.51. The molecule has 0 aliphatic heterocycles. The van der Waals surface area contributed by atoms with Gasteiger partial charge in [-0.3, -0.25) is 4.79 Å². The van der Waals surface area contributed by atoms with Crippen LogP contribution in [0.1, 0.15) is 32.9 Å². The third-order valence-electron chi connectivity index (χ3n) is 3.85. The number of anilines is 1. The predicted molar refractivity (Wildman–Crippen MR) is 99.3 cm³/mol. The number of hydrogen-bond donors (Lipinski definition) is 1. The molecule has 0 aliphatic rings. The first-order valence-corrected chi connectivity index (χ1v) is 8.65. The summed E-state index contributed by atoms with van der Waals surface area (Å²) in [4.78, 5) is 12.5. The van der Waals surface area contributed by atoms with Crippen molar-refractivity contribution in [1.82, 2.24) is 8.75 Å². The standard InChI is InChI=1S/C19H19N3O2S/c1-12-7-8-17(13(2)9-12)20-19(23)15-5-4-6-16(10-15)24-11-18-14(3)21-25-22-18/h4-10H,11H2,1-3H3,(H,20,23). The lowest BCUT2D eigenvalue weighted by Gasteiger charge is -2.10. The van der Waals surface area contributed by atoms with Gasteiger partial charge >= 0.3 is 0 Å². The number of amides is 1. The van der Waals surface area contributed by atoms with Gasteiger partial charge in [-0.05, 0) is 50.6 Å². The lowest BCUT2D eigenvalue weighted by Crippen LogP contribution is -2.13. The number of benzene rings is 2. The van der Waals surface area contributed by atoms with Gasteiger partial charge in [0, 0.05) is 11.3 Å². The van der Waals surface area contributed by atoms with E-state index in [9.17, 15) is 4.79 Å². The summed E-state index contributed by atoms with van der Waals surface area (Å²) < 4.78 is 14.0. The number of ether oxygens (including phenoxy) is 1. The van der Waals surface area contributed by atoms with Gasteiger partial charge in [0.15, 0.2) is 0 Å². The van der Waals surface area contributed by atoms with Crippen LogP contribution >= 0.6 is 11.7 Å². The zero-order valence-corrected chi connectivity index (χ0v) is 15.2. The average molecular weight is 353 g/mol. The molecule has 1 heterocycles. The summed E-state index contributed by atoms with van der Waals surface area (Å²) >= 11 is 1.17. The van der Waals surface area contributed by atoms with E-state index in [1.54, 1.807) is 18.2 Å². The Labute approximate surface area is 151 Å². The Balaban J connectivity index is 1.70. The van der Waals surface area contributed by atoms with Crippen LogP contribution < -0.4 is 10.1 Å². The van der Waals surface area contributed by atoms with Crippen molar-refractivity contribution >= 4 is 23.3 Å². The van der Waals surface area contributed by atoms with Crippen molar-refractivity contribution in [2.75, 3.05) is 5.32 Å². The number of carbonyl (C=O) groups is 1. The van der Waals surface area contributed by atoms with Gasteiger partial charge < -0.3 is 10.1 Å². The molecule has 6 heteroatoms. The van der Waals surface area contributed by atoms with Gasteiger partial charge in [0.25, 0.3) is 5.91 Å². The van der Waals surface area contributed by atoms with Crippen LogP contribution in [0.4, 0.5) is 5.69 Å². The molecule has 25 heavy (non-hydrogen) atoms. The fraction of sp³-hybridized carbons (Fsp3) is 0.211. The van der Waals surface area contributed by atoms with E-state index in [-0.39, 0.29) is 5.91 Å². The van der Waals surface area contributed by atoms with Crippen molar-refractivity contribution in [2.24, 2.45) is 0 Å². The van der Waals surface area contributed by atoms with Crippen LogP contribution in [0.25, 0.3) is 0 Å². The molecule has 0 saturated heterocycles. The average Bonchev–Trinajstić information content (AvgIpc) is 3.01. The maximum absolute atomic E-state index is 12.5. The first-order valence-electron chi connectivity index (χ1n) is 7.92. The van der Waals surface area contributed by atoms with Gasteiger partial charge in [-0.2, -0.15) is 8.75 Å². The predicted octanol–water partition coefficient (Wildman–Crippen LogP) is 4.29. The van der Waals surface area contributed by atoms with Gasteiger partial charge in [-0.15, -0.1) is 0 Å². The number of aryl methyl sites for hydroxylation is 3. The van der Waals surface area contributed by atoms with Crippen LogP contribution in [0, 0.1) is 20.8 Å². The van der Waals surface area contributed by atoms with E-state index >= 15 is 0 Å². The zero-order chi connectivity index (χ0) is 17.8. The van der Waals surface area contributed by atoms with Gasteiger partial charge in [0.2, 0.25) is 0 Å². The first kappa shape index (κ1) is 17.1. The minimum atomic E-state index is -0.163. The minimum absolute atomic E-state index is 0.163. The molecule has 0 fully saturated rings. The molecule has 1 N–H and O–H groups in total. The molecule has 0 unspecified atom stereocenters. The molecule has 0 radical (unpaired) electrons. The van der Waals surface area contributed by atoms with Crippen molar-refractivity contribution in [3.63, 3.8) is 0 Å². The summed E-state index contributed by atoms with van der Waals surface area (Å²) in [5.74, 6) is 0.463. The molecule has 5 nitrogen and oxygen atoms in total. The number of nitrogens with one attached hydrogen (secondary N) is 1. The molecule has 1 amide bonds.